The minimum atomic E-state index is -0.183. The molecule has 3 rings (SSSR count). The first-order valence-corrected chi connectivity index (χ1v) is 10.6. The van der Waals surface area contributed by atoms with Crippen LogP contribution in [0.5, 0.6) is 5.75 Å². The summed E-state index contributed by atoms with van der Waals surface area (Å²) in [5.74, 6) is 1.79. The van der Waals surface area contributed by atoms with E-state index in [1.165, 1.54) is 29.7 Å². The van der Waals surface area contributed by atoms with Crippen molar-refractivity contribution in [3.63, 3.8) is 0 Å². The zero-order valence-corrected chi connectivity index (χ0v) is 17.2. The first-order valence-electron chi connectivity index (χ1n) is 9.69. The maximum Gasteiger partial charge on any atom is 0.264 e. The lowest BCUT2D eigenvalue weighted by atomic mass is 9.99. The molecule has 1 amide bonds. The third kappa shape index (κ3) is 6.04. The molecule has 1 N–H and O–H groups in total. The number of carbonyl (C=O) groups is 1. The summed E-state index contributed by atoms with van der Waals surface area (Å²) in [4.78, 5) is 19.1. The predicted octanol–water partition coefficient (Wildman–Crippen LogP) is 4.52. The molecule has 1 aromatic heterocycles. The SMILES string of the molecule is CC1CCN(Cc2csc(NC(=O)COc3cccc(C(C)C)c3)n2)CC1. The van der Waals surface area contributed by atoms with Gasteiger partial charge in [-0.3, -0.25) is 15.0 Å². The molecule has 27 heavy (non-hydrogen) atoms. The Morgan fingerprint density at radius 3 is 2.89 bits per heavy atom. The predicted molar refractivity (Wildman–Crippen MR) is 110 cm³/mol. The standard InChI is InChI=1S/C21H29N3O2S/c1-15(2)17-5-4-6-19(11-17)26-13-20(25)23-21-22-18(14-27-21)12-24-9-7-16(3)8-10-24/h4-6,11,14-16H,7-10,12-13H2,1-3H3,(H,22,23,25). The van der Waals surface area contributed by atoms with Gasteiger partial charge < -0.3 is 4.74 Å². The highest BCUT2D eigenvalue weighted by molar-refractivity contribution is 7.13. The molecule has 5 nitrogen and oxygen atoms in total. The highest BCUT2D eigenvalue weighted by Crippen LogP contribution is 2.22. The Morgan fingerprint density at radius 1 is 1.37 bits per heavy atom. The fourth-order valence-corrected chi connectivity index (χ4v) is 3.87. The highest BCUT2D eigenvalue weighted by Gasteiger charge is 2.17. The van der Waals surface area contributed by atoms with Gasteiger partial charge in [0.05, 0.1) is 5.69 Å². The van der Waals surface area contributed by atoms with Crippen molar-refractivity contribution >= 4 is 22.4 Å². The van der Waals surface area contributed by atoms with E-state index in [-0.39, 0.29) is 12.5 Å². The van der Waals surface area contributed by atoms with Crippen molar-refractivity contribution in [3.05, 3.63) is 40.9 Å². The van der Waals surface area contributed by atoms with Crippen LogP contribution in [0.2, 0.25) is 0 Å². The molecule has 1 aliphatic heterocycles. The average molecular weight is 388 g/mol. The number of likely N-dealkylation sites (tertiary alicyclic amines) is 1. The second kappa shape index (κ2) is 9.33. The van der Waals surface area contributed by atoms with E-state index < -0.39 is 0 Å². The molecule has 0 radical (unpaired) electrons. The zero-order chi connectivity index (χ0) is 19.2. The third-order valence-corrected chi connectivity index (χ3v) is 5.76. The molecule has 1 saturated heterocycles. The Balaban J connectivity index is 1.46. The second-order valence-corrected chi connectivity index (χ2v) is 8.52. The Hall–Kier alpha value is -1.92. The number of carbonyl (C=O) groups excluding carboxylic acids is 1. The lowest BCUT2D eigenvalue weighted by molar-refractivity contribution is -0.118. The van der Waals surface area contributed by atoms with Crippen LogP contribution in [0.4, 0.5) is 5.13 Å². The van der Waals surface area contributed by atoms with Gasteiger partial charge in [-0.15, -0.1) is 11.3 Å². The van der Waals surface area contributed by atoms with Crippen molar-refractivity contribution in [1.82, 2.24) is 9.88 Å². The van der Waals surface area contributed by atoms with Gasteiger partial charge in [0.25, 0.3) is 5.91 Å². The first-order chi connectivity index (χ1) is 13.0. The Labute approximate surface area is 165 Å². The maximum absolute atomic E-state index is 12.2. The summed E-state index contributed by atoms with van der Waals surface area (Å²) in [6.07, 6.45) is 2.51. The zero-order valence-electron chi connectivity index (χ0n) is 16.4. The number of thiazole rings is 1. The Bertz CT molecular complexity index is 751. The van der Waals surface area contributed by atoms with Crippen LogP contribution in [0.3, 0.4) is 0 Å². The first kappa shape index (κ1) is 19.8. The van der Waals surface area contributed by atoms with Crippen LogP contribution >= 0.6 is 11.3 Å². The van der Waals surface area contributed by atoms with Crippen LogP contribution in [0, 0.1) is 5.92 Å². The molecule has 6 heteroatoms. The summed E-state index contributed by atoms with van der Waals surface area (Å²) in [6, 6.07) is 7.88. The van der Waals surface area contributed by atoms with Gasteiger partial charge in [0, 0.05) is 11.9 Å². The van der Waals surface area contributed by atoms with E-state index in [1.54, 1.807) is 0 Å². The number of benzene rings is 1. The third-order valence-electron chi connectivity index (χ3n) is 4.95. The number of nitrogens with one attached hydrogen (secondary N) is 1. The van der Waals surface area contributed by atoms with Crippen LogP contribution in [0.25, 0.3) is 0 Å². The smallest absolute Gasteiger partial charge is 0.264 e. The topological polar surface area (TPSA) is 54.5 Å². The Morgan fingerprint density at radius 2 is 2.15 bits per heavy atom. The summed E-state index contributed by atoms with van der Waals surface area (Å²) >= 11 is 1.47. The van der Waals surface area contributed by atoms with Crippen LogP contribution in [-0.4, -0.2) is 35.5 Å². The van der Waals surface area contributed by atoms with E-state index in [1.807, 2.05) is 23.6 Å². The minimum Gasteiger partial charge on any atom is -0.484 e. The number of rotatable bonds is 7. The molecule has 1 aliphatic rings. The molecular weight excluding hydrogens is 358 g/mol. The molecule has 146 valence electrons. The van der Waals surface area contributed by atoms with Gasteiger partial charge in [0.1, 0.15) is 5.75 Å². The van der Waals surface area contributed by atoms with Crippen molar-refractivity contribution in [2.24, 2.45) is 5.92 Å². The fraction of sp³-hybridized carbons (Fsp3) is 0.524. The summed E-state index contributed by atoms with van der Waals surface area (Å²) in [5, 5.41) is 5.51. The van der Waals surface area contributed by atoms with Gasteiger partial charge >= 0.3 is 0 Å². The van der Waals surface area contributed by atoms with Crippen LogP contribution < -0.4 is 10.1 Å². The van der Waals surface area contributed by atoms with Crippen molar-refractivity contribution in [2.45, 2.75) is 46.1 Å². The number of aromatic nitrogens is 1. The van der Waals surface area contributed by atoms with Crippen LogP contribution in [0.15, 0.2) is 29.6 Å². The number of piperidine rings is 1. The summed E-state index contributed by atoms with van der Waals surface area (Å²) in [5.41, 5.74) is 2.22. The molecule has 0 aliphatic carbocycles. The maximum atomic E-state index is 12.2. The van der Waals surface area contributed by atoms with Gasteiger partial charge in [-0.2, -0.15) is 0 Å². The number of amides is 1. The van der Waals surface area contributed by atoms with Crippen molar-refractivity contribution in [3.8, 4) is 5.75 Å². The minimum absolute atomic E-state index is 0.0134. The largest absolute Gasteiger partial charge is 0.484 e. The number of hydrogen-bond acceptors (Lipinski definition) is 5. The van der Waals surface area contributed by atoms with E-state index in [2.05, 4.69) is 42.0 Å². The molecule has 1 aromatic carbocycles. The van der Waals surface area contributed by atoms with E-state index in [4.69, 9.17) is 4.74 Å². The van der Waals surface area contributed by atoms with Gasteiger partial charge in [0.2, 0.25) is 0 Å². The van der Waals surface area contributed by atoms with Crippen molar-refractivity contribution in [1.29, 1.82) is 0 Å². The van der Waals surface area contributed by atoms with Gasteiger partial charge in [0.15, 0.2) is 11.7 Å². The molecule has 0 saturated carbocycles. The molecule has 0 atom stereocenters. The second-order valence-electron chi connectivity index (χ2n) is 7.67. The van der Waals surface area contributed by atoms with E-state index in [0.29, 0.717) is 11.0 Å². The quantitative estimate of drug-likeness (QED) is 0.759. The molecule has 2 aromatic rings. The normalized spacial score (nSPS) is 15.9. The number of ether oxygens (including phenoxy) is 1. The summed E-state index contributed by atoms with van der Waals surface area (Å²) in [7, 11) is 0. The van der Waals surface area contributed by atoms with Gasteiger partial charge in [-0.05, 0) is 55.5 Å². The van der Waals surface area contributed by atoms with E-state index in [9.17, 15) is 4.79 Å². The summed E-state index contributed by atoms with van der Waals surface area (Å²) in [6.45, 7) is 9.69. The van der Waals surface area contributed by atoms with E-state index >= 15 is 0 Å². The molecule has 1 fully saturated rings. The van der Waals surface area contributed by atoms with Gasteiger partial charge in [-0.25, -0.2) is 4.98 Å². The molecule has 0 bridgehead atoms. The highest BCUT2D eigenvalue weighted by atomic mass is 32.1. The van der Waals surface area contributed by atoms with Gasteiger partial charge in [-0.1, -0.05) is 32.9 Å². The molecule has 2 heterocycles. The average Bonchev–Trinajstić information content (AvgIpc) is 3.09. The molecule has 0 unspecified atom stereocenters. The van der Waals surface area contributed by atoms with E-state index in [0.717, 1.165) is 37.0 Å². The molecule has 0 spiro atoms. The van der Waals surface area contributed by atoms with Crippen molar-refractivity contribution in [2.75, 3.05) is 25.0 Å². The van der Waals surface area contributed by atoms with Crippen molar-refractivity contribution < 1.29 is 9.53 Å². The van der Waals surface area contributed by atoms with Crippen LogP contribution in [-0.2, 0) is 11.3 Å². The number of anilines is 1. The lowest BCUT2D eigenvalue weighted by Crippen LogP contribution is -2.32. The number of hydrogen-bond donors (Lipinski definition) is 1. The van der Waals surface area contributed by atoms with Crippen LogP contribution in [0.1, 0.15) is 50.8 Å². The molecular formula is C21H29N3O2S. The monoisotopic (exact) mass is 387 g/mol. The lowest BCUT2D eigenvalue weighted by Gasteiger charge is -2.29. The fourth-order valence-electron chi connectivity index (χ4n) is 3.15. The Kier molecular flexibility index (Phi) is 6.85. The summed E-state index contributed by atoms with van der Waals surface area (Å²) < 4.78 is 5.63. The number of nitrogens with zero attached hydrogens (tertiary/aromatic N) is 2.